The summed E-state index contributed by atoms with van der Waals surface area (Å²) in [4.78, 5) is 0. The van der Waals surface area contributed by atoms with Crippen LogP contribution in [-0.4, -0.2) is 6.61 Å². The molecule has 1 unspecified atom stereocenters. The van der Waals surface area contributed by atoms with Gasteiger partial charge in [-0.05, 0) is 54.5 Å². The van der Waals surface area contributed by atoms with Gasteiger partial charge in [-0.3, -0.25) is 0 Å². The van der Waals surface area contributed by atoms with Crippen molar-refractivity contribution in [1.29, 1.82) is 0 Å². The van der Waals surface area contributed by atoms with Crippen molar-refractivity contribution in [2.24, 2.45) is 0 Å². The number of ether oxygens (including phenoxy) is 1. The molecule has 1 atom stereocenters. The van der Waals surface area contributed by atoms with Gasteiger partial charge in [-0.15, -0.1) is 0 Å². The van der Waals surface area contributed by atoms with Crippen molar-refractivity contribution in [2.45, 2.75) is 31.8 Å². The Bertz CT molecular complexity index is 562. The normalized spacial score (nSPS) is 17.7. The van der Waals surface area contributed by atoms with Gasteiger partial charge >= 0.3 is 0 Å². The molecule has 0 aliphatic heterocycles. The maximum absolute atomic E-state index is 6.11. The molecule has 1 aliphatic carbocycles. The fourth-order valence-electron chi connectivity index (χ4n) is 2.89. The van der Waals surface area contributed by atoms with E-state index in [0.717, 1.165) is 25.1 Å². The lowest BCUT2D eigenvalue weighted by Crippen LogP contribution is -2.14. The van der Waals surface area contributed by atoms with Crippen molar-refractivity contribution in [3.63, 3.8) is 0 Å². The first-order valence-electron chi connectivity index (χ1n) is 7.37. The number of anilines is 1. The second-order valence-electron chi connectivity index (χ2n) is 5.44. The lowest BCUT2D eigenvalue weighted by atomic mass is 9.89. The molecule has 0 radical (unpaired) electrons. The van der Waals surface area contributed by atoms with Crippen LogP contribution in [0.2, 0.25) is 0 Å². The predicted molar refractivity (Wildman–Crippen MR) is 82.6 cm³/mol. The number of nitrogen functional groups attached to an aromatic ring is 1. The van der Waals surface area contributed by atoms with Crippen LogP contribution in [0.1, 0.15) is 35.6 Å². The molecule has 0 spiro atoms. The highest BCUT2D eigenvalue weighted by Gasteiger charge is 2.19. The third-order valence-corrected chi connectivity index (χ3v) is 4.00. The summed E-state index contributed by atoms with van der Waals surface area (Å²) in [6, 6.07) is 16.7. The molecule has 0 fully saturated rings. The minimum absolute atomic E-state index is 0.272. The molecule has 104 valence electrons. The van der Waals surface area contributed by atoms with Crippen molar-refractivity contribution < 1.29 is 4.74 Å². The zero-order valence-corrected chi connectivity index (χ0v) is 11.7. The molecular formula is C18H21NO. The lowest BCUT2D eigenvalue weighted by Gasteiger charge is -2.25. The molecule has 2 heteroatoms. The van der Waals surface area contributed by atoms with Crippen LogP contribution in [0.5, 0.6) is 0 Å². The maximum Gasteiger partial charge on any atom is 0.0827 e. The highest BCUT2D eigenvalue weighted by molar-refractivity contribution is 5.39. The van der Waals surface area contributed by atoms with Crippen molar-refractivity contribution in [3.05, 3.63) is 65.2 Å². The van der Waals surface area contributed by atoms with Crippen LogP contribution in [0.25, 0.3) is 0 Å². The van der Waals surface area contributed by atoms with Crippen LogP contribution in [0.15, 0.2) is 48.5 Å². The molecule has 2 N–H and O–H groups in total. The number of benzene rings is 2. The maximum atomic E-state index is 6.11. The van der Waals surface area contributed by atoms with Crippen LogP contribution in [0.3, 0.4) is 0 Å². The van der Waals surface area contributed by atoms with Crippen LogP contribution in [0.4, 0.5) is 5.69 Å². The number of aryl methyl sites for hydroxylation is 1. The van der Waals surface area contributed by atoms with Crippen LogP contribution < -0.4 is 5.73 Å². The molecule has 0 heterocycles. The quantitative estimate of drug-likeness (QED) is 0.852. The molecule has 3 rings (SSSR count). The Balaban J connectivity index is 1.58. The van der Waals surface area contributed by atoms with Gasteiger partial charge in [0, 0.05) is 5.69 Å². The summed E-state index contributed by atoms with van der Waals surface area (Å²) in [5, 5.41) is 0. The van der Waals surface area contributed by atoms with Crippen LogP contribution in [-0.2, 0) is 17.6 Å². The molecule has 0 saturated carbocycles. The number of hydrogen-bond donors (Lipinski definition) is 1. The van der Waals surface area contributed by atoms with Gasteiger partial charge < -0.3 is 10.5 Å². The summed E-state index contributed by atoms with van der Waals surface area (Å²) >= 11 is 0. The Labute approximate surface area is 120 Å². The zero-order chi connectivity index (χ0) is 13.8. The summed E-state index contributed by atoms with van der Waals surface area (Å²) in [6.07, 6.45) is 4.77. The molecule has 1 aliphatic rings. The van der Waals surface area contributed by atoms with Crippen molar-refractivity contribution in [1.82, 2.24) is 0 Å². The Kier molecular flexibility index (Phi) is 4.03. The molecule has 0 aromatic heterocycles. The third kappa shape index (κ3) is 3.02. The summed E-state index contributed by atoms with van der Waals surface area (Å²) in [7, 11) is 0. The van der Waals surface area contributed by atoms with E-state index >= 15 is 0 Å². The number of rotatable bonds is 4. The summed E-state index contributed by atoms with van der Waals surface area (Å²) in [6.45, 7) is 0.767. The van der Waals surface area contributed by atoms with Gasteiger partial charge in [0.1, 0.15) is 0 Å². The minimum atomic E-state index is 0.272. The molecule has 0 saturated heterocycles. The van der Waals surface area contributed by atoms with Crippen molar-refractivity contribution in [2.75, 3.05) is 12.3 Å². The van der Waals surface area contributed by atoms with E-state index in [-0.39, 0.29) is 6.10 Å². The van der Waals surface area contributed by atoms with Gasteiger partial charge in [0.15, 0.2) is 0 Å². The van der Waals surface area contributed by atoms with Gasteiger partial charge in [-0.25, -0.2) is 0 Å². The number of fused-ring (bicyclic) bond motifs is 1. The van der Waals surface area contributed by atoms with E-state index in [0.29, 0.717) is 0 Å². The second-order valence-corrected chi connectivity index (χ2v) is 5.44. The molecule has 2 aromatic rings. The van der Waals surface area contributed by atoms with Crippen LogP contribution in [0, 0.1) is 0 Å². The fourth-order valence-corrected chi connectivity index (χ4v) is 2.89. The van der Waals surface area contributed by atoms with E-state index in [4.69, 9.17) is 10.5 Å². The Morgan fingerprint density at radius 1 is 1.05 bits per heavy atom. The number of hydrogen-bond acceptors (Lipinski definition) is 2. The predicted octanol–water partition coefficient (Wildman–Crippen LogP) is 3.91. The second kappa shape index (κ2) is 6.10. The molecule has 20 heavy (non-hydrogen) atoms. The standard InChI is InChI=1S/C18H21NO/c19-16-10-8-14(9-11-16)12-13-20-18-7-3-5-15-4-1-2-6-17(15)18/h1-2,4,6,8-11,18H,3,5,7,12-13,19H2. The Hall–Kier alpha value is -1.80. The largest absolute Gasteiger partial charge is 0.399 e. The first-order valence-corrected chi connectivity index (χ1v) is 7.37. The first-order chi connectivity index (χ1) is 9.83. The number of nitrogens with two attached hydrogens (primary N) is 1. The van der Waals surface area contributed by atoms with E-state index < -0.39 is 0 Å². The fraction of sp³-hybridized carbons (Fsp3) is 0.333. The van der Waals surface area contributed by atoms with E-state index in [1.807, 2.05) is 12.1 Å². The SMILES string of the molecule is Nc1ccc(CCOC2CCCc3ccccc32)cc1. The van der Waals surface area contributed by atoms with Crippen molar-refractivity contribution in [3.8, 4) is 0 Å². The van der Waals surface area contributed by atoms with Gasteiger partial charge in [0.05, 0.1) is 12.7 Å². The average molecular weight is 267 g/mol. The van der Waals surface area contributed by atoms with E-state index in [9.17, 15) is 0 Å². The highest BCUT2D eigenvalue weighted by atomic mass is 16.5. The molecule has 2 nitrogen and oxygen atoms in total. The molecule has 2 aromatic carbocycles. The van der Waals surface area contributed by atoms with E-state index in [1.165, 1.54) is 29.5 Å². The smallest absolute Gasteiger partial charge is 0.0827 e. The molecule has 0 amide bonds. The Morgan fingerprint density at radius 3 is 2.70 bits per heavy atom. The van der Waals surface area contributed by atoms with Gasteiger partial charge in [-0.1, -0.05) is 36.4 Å². The molecule has 0 bridgehead atoms. The lowest BCUT2D eigenvalue weighted by molar-refractivity contribution is 0.0428. The summed E-state index contributed by atoms with van der Waals surface area (Å²) in [5.74, 6) is 0. The van der Waals surface area contributed by atoms with E-state index in [2.05, 4.69) is 36.4 Å². The van der Waals surface area contributed by atoms with Gasteiger partial charge in [0.25, 0.3) is 0 Å². The zero-order valence-electron chi connectivity index (χ0n) is 11.7. The monoisotopic (exact) mass is 267 g/mol. The van der Waals surface area contributed by atoms with Gasteiger partial charge in [0.2, 0.25) is 0 Å². The third-order valence-electron chi connectivity index (χ3n) is 4.00. The molecular weight excluding hydrogens is 246 g/mol. The average Bonchev–Trinajstić information content (AvgIpc) is 2.49. The van der Waals surface area contributed by atoms with Gasteiger partial charge in [-0.2, -0.15) is 0 Å². The van der Waals surface area contributed by atoms with Crippen LogP contribution >= 0.6 is 0 Å². The summed E-state index contributed by atoms with van der Waals surface area (Å²) < 4.78 is 6.11. The topological polar surface area (TPSA) is 35.2 Å². The Morgan fingerprint density at radius 2 is 1.85 bits per heavy atom. The minimum Gasteiger partial charge on any atom is -0.399 e. The highest BCUT2D eigenvalue weighted by Crippen LogP contribution is 2.32. The first kappa shape index (κ1) is 13.2. The van der Waals surface area contributed by atoms with E-state index in [1.54, 1.807) is 0 Å². The summed E-state index contributed by atoms with van der Waals surface area (Å²) in [5.41, 5.74) is 10.6. The van der Waals surface area contributed by atoms with Crippen molar-refractivity contribution >= 4 is 5.69 Å².